The summed E-state index contributed by atoms with van der Waals surface area (Å²) in [7, 11) is 1.59. The summed E-state index contributed by atoms with van der Waals surface area (Å²) in [4.78, 5) is 0. The van der Waals surface area contributed by atoms with E-state index in [-0.39, 0.29) is 17.2 Å². The molecule has 0 aromatic carbocycles. The van der Waals surface area contributed by atoms with E-state index in [9.17, 15) is 5.11 Å². The van der Waals surface area contributed by atoms with E-state index < -0.39 is 6.10 Å². The molecule has 0 amide bonds. The van der Waals surface area contributed by atoms with Crippen LogP contribution in [0.15, 0.2) is 0 Å². The fourth-order valence-corrected chi connectivity index (χ4v) is 2.41. The molecule has 0 aliphatic carbocycles. The molecule has 4 nitrogen and oxygen atoms in total. The van der Waals surface area contributed by atoms with Crippen LogP contribution in [0.5, 0.6) is 0 Å². The first-order chi connectivity index (χ1) is 7.27. The molecule has 1 fully saturated rings. The van der Waals surface area contributed by atoms with Crippen LogP contribution in [0, 0.1) is 0 Å². The molecule has 1 rings (SSSR count). The third-order valence-corrected chi connectivity index (χ3v) is 3.03. The predicted octanol–water partition coefficient (Wildman–Crippen LogP) is 0.929. The fourth-order valence-electron chi connectivity index (χ4n) is 2.41. The predicted molar refractivity (Wildman–Crippen MR) is 63.5 cm³/mol. The Labute approximate surface area is 98.3 Å². The summed E-state index contributed by atoms with van der Waals surface area (Å²) in [5, 5.41) is 12.9. The standard InChI is InChI=1S/C12H25NO3/c1-11(2)6-10(12(3,4)16-11)13-7-9(14)8-15-5/h9-10,13-14H,6-8H2,1-5H3. The first kappa shape index (κ1) is 13.9. The highest BCUT2D eigenvalue weighted by atomic mass is 16.5. The summed E-state index contributed by atoms with van der Waals surface area (Å²) in [5.74, 6) is 0. The summed E-state index contributed by atoms with van der Waals surface area (Å²) in [6, 6.07) is 0.272. The molecular weight excluding hydrogens is 206 g/mol. The van der Waals surface area contributed by atoms with Crippen LogP contribution in [0.25, 0.3) is 0 Å². The number of rotatable bonds is 5. The lowest BCUT2D eigenvalue weighted by Gasteiger charge is -2.28. The Kier molecular flexibility index (Phi) is 4.35. The van der Waals surface area contributed by atoms with E-state index in [1.165, 1.54) is 0 Å². The number of methoxy groups -OCH3 is 1. The summed E-state index contributed by atoms with van der Waals surface area (Å²) < 4.78 is 10.9. The number of hydrogen-bond donors (Lipinski definition) is 2. The number of ether oxygens (including phenoxy) is 2. The van der Waals surface area contributed by atoms with E-state index in [2.05, 4.69) is 33.0 Å². The SMILES string of the molecule is COCC(O)CNC1CC(C)(C)OC1(C)C. The molecular formula is C12H25NO3. The van der Waals surface area contributed by atoms with Gasteiger partial charge in [-0.3, -0.25) is 0 Å². The quantitative estimate of drug-likeness (QED) is 0.739. The summed E-state index contributed by atoms with van der Waals surface area (Å²) in [6.45, 7) is 9.28. The van der Waals surface area contributed by atoms with E-state index in [0.29, 0.717) is 13.2 Å². The van der Waals surface area contributed by atoms with Crippen molar-refractivity contribution in [1.29, 1.82) is 0 Å². The van der Waals surface area contributed by atoms with Crippen LogP contribution in [0.2, 0.25) is 0 Å². The van der Waals surface area contributed by atoms with Crippen LogP contribution in [-0.4, -0.2) is 48.7 Å². The normalized spacial score (nSPS) is 29.2. The molecule has 1 heterocycles. The molecule has 1 saturated heterocycles. The van der Waals surface area contributed by atoms with E-state index >= 15 is 0 Å². The summed E-state index contributed by atoms with van der Waals surface area (Å²) in [6.07, 6.45) is 0.504. The van der Waals surface area contributed by atoms with Crippen LogP contribution in [0.1, 0.15) is 34.1 Å². The van der Waals surface area contributed by atoms with Crippen molar-refractivity contribution in [2.45, 2.75) is 57.5 Å². The van der Waals surface area contributed by atoms with Crippen molar-refractivity contribution in [2.24, 2.45) is 0 Å². The molecule has 2 N–H and O–H groups in total. The number of nitrogens with one attached hydrogen (secondary N) is 1. The fraction of sp³-hybridized carbons (Fsp3) is 1.00. The van der Waals surface area contributed by atoms with Crippen molar-refractivity contribution in [3.05, 3.63) is 0 Å². The number of aliphatic hydroxyl groups excluding tert-OH is 1. The summed E-state index contributed by atoms with van der Waals surface area (Å²) in [5.41, 5.74) is -0.274. The van der Waals surface area contributed by atoms with Gasteiger partial charge in [-0.2, -0.15) is 0 Å². The van der Waals surface area contributed by atoms with Gasteiger partial charge in [-0.1, -0.05) is 0 Å². The van der Waals surface area contributed by atoms with Gasteiger partial charge in [-0.25, -0.2) is 0 Å². The van der Waals surface area contributed by atoms with E-state index in [4.69, 9.17) is 9.47 Å². The van der Waals surface area contributed by atoms with Gasteiger partial charge in [0, 0.05) is 19.7 Å². The van der Waals surface area contributed by atoms with Gasteiger partial charge in [-0.15, -0.1) is 0 Å². The molecule has 16 heavy (non-hydrogen) atoms. The second kappa shape index (κ2) is 5.00. The Morgan fingerprint density at radius 1 is 1.44 bits per heavy atom. The Morgan fingerprint density at radius 3 is 2.50 bits per heavy atom. The lowest BCUT2D eigenvalue weighted by atomic mass is 9.94. The highest BCUT2D eigenvalue weighted by Gasteiger charge is 2.45. The number of aliphatic hydroxyl groups is 1. The first-order valence-electron chi connectivity index (χ1n) is 5.87. The molecule has 0 saturated carbocycles. The molecule has 2 atom stereocenters. The molecule has 0 bridgehead atoms. The molecule has 0 spiro atoms. The second-order valence-electron chi connectivity index (χ2n) is 5.74. The molecule has 4 heteroatoms. The maximum absolute atomic E-state index is 9.58. The Hall–Kier alpha value is -0.160. The van der Waals surface area contributed by atoms with Crippen LogP contribution in [0.4, 0.5) is 0 Å². The minimum absolute atomic E-state index is 0.0899. The smallest absolute Gasteiger partial charge is 0.0897 e. The Morgan fingerprint density at radius 2 is 2.06 bits per heavy atom. The lowest BCUT2D eigenvalue weighted by Crippen LogP contribution is -2.46. The van der Waals surface area contributed by atoms with Gasteiger partial charge in [0.1, 0.15) is 0 Å². The highest BCUT2D eigenvalue weighted by molar-refractivity contribution is 4.98. The largest absolute Gasteiger partial charge is 0.389 e. The zero-order valence-corrected chi connectivity index (χ0v) is 11.0. The van der Waals surface area contributed by atoms with Crippen molar-refractivity contribution >= 4 is 0 Å². The maximum Gasteiger partial charge on any atom is 0.0897 e. The molecule has 0 aromatic rings. The van der Waals surface area contributed by atoms with Crippen molar-refractivity contribution in [2.75, 3.05) is 20.3 Å². The van der Waals surface area contributed by atoms with Crippen molar-refractivity contribution in [1.82, 2.24) is 5.32 Å². The average molecular weight is 231 g/mol. The van der Waals surface area contributed by atoms with Crippen molar-refractivity contribution in [3.8, 4) is 0 Å². The van der Waals surface area contributed by atoms with E-state index in [1.54, 1.807) is 7.11 Å². The molecule has 0 radical (unpaired) electrons. The summed E-state index contributed by atoms with van der Waals surface area (Å²) >= 11 is 0. The van der Waals surface area contributed by atoms with Crippen molar-refractivity contribution in [3.63, 3.8) is 0 Å². The van der Waals surface area contributed by atoms with Crippen molar-refractivity contribution < 1.29 is 14.6 Å². The molecule has 2 unspecified atom stereocenters. The Bertz CT molecular complexity index is 228. The van der Waals surface area contributed by atoms with Gasteiger partial charge in [0.15, 0.2) is 0 Å². The second-order valence-corrected chi connectivity index (χ2v) is 5.74. The van der Waals surface area contributed by atoms with Crippen LogP contribution >= 0.6 is 0 Å². The minimum atomic E-state index is -0.454. The van der Waals surface area contributed by atoms with E-state index in [0.717, 1.165) is 6.42 Å². The van der Waals surface area contributed by atoms with Gasteiger partial charge in [0.2, 0.25) is 0 Å². The van der Waals surface area contributed by atoms with Gasteiger partial charge in [0.05, 0.1) is 23.9 Å². The topological polar surface area (TPSA) is 50.7 Å². The van der Waals surface area contributed by atoms with Gasteiger partial charge in [-0.05, 0) is 34.1 Å². The Balaban J connectivity index is 2.42. The van der Waals surface area contributed by atoms with Gasteiger partial charge < -0.3 is 19.9 Å². The van der Waals surface area contributed by atoms with Crippen LogP contribution < -0.4 is 5.32 Å². The molecule has 0 aromatic heterocycles. The molecule has 1 aliphatic rings. The maximum atomic E-state index is 9.58. The average Bonchev–Trinajstić information content (AvgIpc) is 2.31. The number of hydrogen-bond acceptors (Lipinski definition) is 4. The molecule has 96 valence electrons. The van der Waals surface area contributed by atoms with Gasteiger partial charge in [0.25, 0.3) is 0 Å². The third-order valence-electron chi connectivity index (χ3n) is 3.03. The zero-order chi connectivity index (χ0) is 12.4. The minimum Gasteiger partial charge on any atom is -0.389 e. The first-order valence-corrected chi connectivity index (χ1v) is 5.87. The van der Waals surface area contributed by atoms with E-state index in [1.807, 2.05) is 0 Å². The van der Waals surface area contributed by atoms with Crippen LogP contribution in [0.3, 0.4) is 0 Å². The zero-order valence-electron chi connectivity index (χ0n) is 11.0. The van der Waals surface area contributed by atoms with Crippen LogP contribution in [-0.2, 0) is 9.47 Å². The highest BCUT2D eigenvalue weighted by Crippen LogP contribution is 2.37. The monoisotopic (exact) mass is 231 g/mol. The van der Waals surface area contributed by atoms with Gasteiger partial charge >= 0.3 is 0 Å². The lowest BCUT2D eigenvalue weighted by molar-refractivity contribution is -0.0704. The molecule has 1 aliphatic heterocycles. The third kappa shape index (κ3) is 3.70.